The van der Waals surface area contributed by atoms with Gasteiger partial charge in [-0.05, 0) is 36.2 Å². The first-order valence-corrected chi connectivity index (χ1v) is 6.39. The smallest absolute Gasteiger partial charge is 0.303 e. The quantitative estimate of drug-likeness (QED) is 0.778. The number of carbonyl (C=O) groups is 2. The van der Waals surface area contributed by atoms with Gasteiger partial charge in [0.25, 0.3) is 5.91 Å². The molecule has 0 bridgehead atoms. The molecule has 1 amide bonds. The van der Waals surface area contributed by atoms with Crippen LogP contribution in [-0.2, 0) is 11.2 Å². The van der Waals surface area contributed by atoms with Crippen LogP contribution in [-0.4, -0.2) is 22.0 Å². The molecule has 1 aromatic heterocycles. The van der Waals surface area contributed by atoms with Crippen LogP contribution in [0.2, 0.25) is 0 Å². The molecule has 6 nitrogen and oxygen atoms in total. The van der Waals surface area contributed by atoms with Gasteiger partial charge in [-0.3, -0.25) is 9.59 Å². The summed E-state index contributed by atoms with van der Waals surface area (Å²) in [5.41, 5.74) is 7.67. The predicted molar refractivity (Wildman–Crippen MR) is 79.0 cm³/mol. The Kier molecular flexibility index (Phi) is 4.50. The SMILES string of the molecule is Nc1cccnc1C(=O)Nc1ccc(CCC(=O)O)cc1. The van der Waals surface area contributed by atoms with Crippen LogP contribution in [0.1, 0.15) is 22.5 Å². The number of hydrogen-bond donors (Lipinski definition) is 3. The molecule has 4 N–H and O–H groups in total. The minimum atomic E-state index is -0.835. The average Bonchev–Trinajstić information content (AvgIpc) is 2.47. The van der Waals surface area contributed by atoms with Crippen LogP contribution in [0.4, 0.5) is 11.4 Å². The summed E-state index contributed by atoms with van der Waals surface area (Å²) in [4.78, 5) is 26.4. The molecule has 0 spiro atoms. The van der Waals surface area contributed by atoms with Gasteiger partial charge in [0, 0.05) is 18.3 Å². The van der Waals surface area contributed by atoms with Crippen LogP contribution in [0.5, 0.6) is 0 Å². The largest absolute Gasteiger partial charge is 0.481 e. The number of aromatic nitrogens is 1. The number of anilines is 2. The number of nitrogens with zero attached hydrogens (tertiary/aromatic N) is 1. The Morgan fingerprint density at radius 2 is 1.90 bits per heavy atom. The summed E-state index contributed by atoms with van der Waals surface area (Å²) in [6, 6.07) is 10.3. The van der Waals surface area contributed by atoms with Crippen LogP contribution in [0.25, 0.3) is 0 Å². The molecule has 0 aliphatic heterocycles. The van der Waals surface area contributed by atoms with Gasteiger partial charge in [-0.2, -0.15) is 0 Å². The van der Waals surface area contributed by atoms with Gasteiger partial charge in [-0.25, -0.2) is 4.98 Å². The molecule has 2 rings (SSSR count). The van der Waals surface area contributed by atoms with E-state index in [0.29, 0.717) is 17.8 Å². The number of nitrogens with two attached hydrogens (primary N) is 1. The second kappa shape index (κ2) is 6.51. The van der Waals surface area contributed by atoms with Crippen molar-refractivity contribution in [3.8, 4) is 0 Å². The molecular formula is C15H15N3O3. The standard InChI is InChI=1S/C15H15N3O3/c16-12-2-1-9-17-14(12)15(21)18-11-6-3-10(4-7-11)5-8-13(19)20/h1-4,6-7,9H,5,8,16H2,(H,18,21)(H,19,20). The zero-order valence-electron chi connectivity index (χ0n) is 11.2. The number of nitrogens with one attached hydrogen (secondary N) is 1. The number of carbonyl (C=O) groups excluding carboxylic acids is 1. The molecule has 0 radical (unpaired) electrons. The summed E-state index contributed by atoms with van der Waals surface area (Å²) in [5, 5.41) is 11.3. The van der Waals surface area contributed by atoms with Gasteiger partial charge in [0.2, 0.25) is 0 Å². The number of hydrogen-bond acceptors (Lipinski definition) is 4. The Labute approximate surface area is 121 Å². The Morgan fingerprint density at radius 3 is 2.52 bits per heavy atom. The summed E-state index contributed by atoms with van der Waals surface area (Å²) < 4.78 is 0. The number of benzene rings is 1. The van der Waals surface area contributed by atoms with Crippen molar-refractivity contribution in [2.45, 2.75) is 12.8 Å². The zero-order valence-corrected chi connectivity index (χ0v) is 11.2. The van der Waals surface area contributed by atoms with Gasteiger partial charge >= 0.3 is 5.97 Å². The number of aryl methyl sites for hydroxylation is 1. The minimum absolute atomic E-state index is 0.0795. The first kappa shape index (κ1) is 14.5. The second-order valence-corrected chi connectivity index (χ2v) is 4.49. The Balaban J connectivity index is 2.02. The van der Waals surface area contributed by atoms with E-state index in [0.717, 1.165) is 5.56 Å². The van der Waals surface area contributed by atoms with Crippen LogP contribution in [0.15, 0.2) is 42.6 Å². The first-order chi connectivity index (χ1) is 10.1. The normalized spacial score (nSPS) is 10.1. The van der Waals surface area contributed by atoms with Crippen molar-refractivity contribution in [1.82, 2.24) is 4.98 Å². The number of carboxylic acid groups (broad SMARTS) is 1. The molecule has 0 saturated carbocycles. The molecule has 0 saturated heterocycles. The van der Waals surface area contributed by atoms with Gasteiger partial charge in [0.05, 0.1) is 5.69 Å². The van der Waals surface area contributed by atoms with E-state index in [9.17, 15) is 9.59 Å². The van der Waals surface area contributed by atoms with Crippen molar-refractivity contribution in [3.63, 3.8) is 0 Å². The molecule has 6 heteroatoms. The van der Waals surface area contributed by atoms with E-state index in [1.54, 1.807) is 36.4 Å². The van der Waals surface area contributed by atoms with E-state index in [2.05, 4.69) is 10.3 Å². The maximum absolute atomic E-state index is 12.0. The molecule has 1 heterocycles. The maximum atomic E-state index is 12.0. The topological polar surface area (TPSA) is 105 Å². The fourth-order valence-electron chi connectivity index (χ4n) is 1.80. The van der Waals surface area contributed by atoms with Crippen LogP contribution < -0.4 is 11.1 Å². The lowest BCUT2D eigenvalue weighted by Crippen LogP contribution is -2.15. The molecule has 0 fully saturated rings. The number of rotatable bonds is 5. The highest BCUT2D eigenvalue weighted by Gasteiger charge is 2.10. The van der Waals surface area contributed by atoms with Crippen molar-refractivity contribution >= 4 is 23.3 Å². The Hall–Kier alpha value is -2.89. The highest BCUT2D eigenvalue weighted by Crippen LogP contribution is 2.14. The molecule has 108 valence electrons. The number of amides is 1. The lowest BCUT2D eigenvalue weighted by Gasteiger charge is -2.07. The number of pyridine rings is 1. The van der Waals surface area contributed by atoms with Crippen molar-refractivity contribution in [3.05, 3.63) is 53.9 Å². The fraction of sp³-hybridized carbons (Fsp3) is 0.133. The maximum Gasteiger partial charge on any atom is 0.303 e. The van der Waals surface area contributed by atoms with Crippen molar-refractivity contribution in [2.24, 2.45) is 0 Å². The van der Waals surface area contributed by atoms with E-state index in [1.807, 2.05) is 0 Å². The molecule has 0 unspecified atom stereocenters. The fourth-order valence-corrected chi connectivity index (χ4v) is 1.80. The summed E-state index contributed by atoms with van der Waals surface area (Å²) in [5.74, 6) is -1.22. The summed E-state index contributed by atoms with van der Waals surface area (Å²) >= 11 is 0. The molecule has 21 heavy (non-hydrogen) atoms. The highest BCUT2D eigenvalue weighted by atomic mass is 16.4. The van der Waals surface area contributed by atoms with Gasteiger partial charge in [-0.1, -0.05) is 12.1 Å². The summed E-state index contributed by atoms with van der Waals surface area (Å²) in [7, 11) is 0. The average molecular weight is 285 g/mol. The van der Waals surface area contributed by atoms with Gasteiger partial charge < -0.3 is 16.2 Å². The Bertz CT molecular complexity index is 653. The third-order valence-corrected chi connectivity index (χ3v) is 2.89. The van der Waals surface area contributed by atoms with Crippen LogP contribution >= 0.6 is 0 Å². The van der Waals surface area contributed by atoms with E-state index in [-0.39, 0.29) is 18.0 Å². The van der Waals surface area contributed by atoms with Gasteiger partial charge in [-0.15, -0.1) is 0 Å². The van der Waals surface area contributed by atoms with Crippen LogP contribution in [0, 0.1) is 0 Å². The second-order valence-electron chi connectivity index (χ2n) is 4.49. The van der Waals surface area contributed by atoms with Gasteiger partial charge in [0.15, 0.2) is 5.69 Å². The first-order valence-electron chi connectivity index (χ1n) is 6.39. The minimum Gasteiger partial charge on any atom is -0.481 e. The zero-order chi connectivity index (χ0) is 15.2. The predicted octanol–water partition coefficient (Wildman–Crippen LogP) is 1.93. The third-order valence-electron chi connectivity index (χ3n) is 2.89. The Morgan fingerprint density at radius 1 is 1.19 bits per heavy atom. The molecular weight excluding hydrogens is 270 g/mol. The van der Waals surface area contributed by atoms with Crippen LogP contribution in [0.3, 0.4) is 0 Å². The summed E-state index contributed by atoms with van der Waals surface area (Å²) in [6.07, 6.45) is 2.03. The van der Waals surface area contributed by atoms with E-state index in [4.69, 9.17) is 10.8 Å². The molecule has 2 aromatic rings. The molecule has 0 aliphatic rings. The number of aliphatic carboxylic acids is 1. The number of nitrogen functional groups attached to an aromatic ring is 1. The molecule has 1 aromatic carbocycles. The van der Waals surface area contributed by atoms with E-state index in [1.165, 1.54) is 6.20 Å². The van der Waals surface area contributed by atoms with Crippen molar-refractivity contribution < 1.29 is 14.7 Å². The van der Waals surface area contributed by atoms with Crippen molar-refractivity contribution in [1.29, 1.82) is 0 Å². The number of carboxylic acids is 1. The molecule has 0 atom stereocenters. The van der Waals surface area contributed by atoms with Crippen molar-refractivity contribution in [2.75, 3.05) is 11.1 Å². The monoisotopic (exact) mass is 285 g/mol. The highest BCUT2D eigenvalue weighted by molar-refractivity contribution is 6.06. The lowest BCUT2D eigenvalue weighted by molar-refractivity contribution is -0.136. The molecule has 0 aliphatic carbocycles. The third kappa shape index (κ3) is 4.04. The van der Waals surface area contributed by atoms with E-state index >= 15 is 0 Å². The van der Waals surface area contributed by atoms with Gasteiger partial charge in [0.1, 0.15) is 0 Å². The summed E-state index contributed by atoms with van der Waals surface area (Å²) in [6.45, 7) is 0. The lowest BCUT2D eigenvalue weighted by atomic mass is 10.1. The van der Waals surface area contributed by atoms with E-state index < -0.39 is 5.97 Å².